The number of benzene rings is 1. The van der Waals surface area contributed by atoms with Crippen LogP contribution in [0.25, 0.3) is 0 Å². The van der Waals surface area contributed by atoms with Crippen LogP contribution in [0.4, 0.5) is 0 Å². The van der Waals surface area contributed by atoms with Gasteiger partial charge in [-0.3, -0.25) is 9.59 Å². The Balaban J connectivity index is 3.12. The first-order valence-electron chi connectivity index (χ1n) is 6.49. The van der Waals surface area contributed by atoms with Crippen molar-refractivity contribution in [3.8, 4) is 0 Å². The zero-order valence-electron chi connectivity index (χ0n) is 11.8. The molecule has 0 amide bonds. The second kappa shape index (κ2) is 7.94. The van der Waals surface area contributed by atoms with Gasteiger partial charge in [0.1, 0.15) is 5.92 Å². The maximum atomic E-state index is 12.1. The van der Waals surface area contributed by atoms with Crippen molar-refractivity contribution in [3.63, 3.8) is 0 Å². The van der Waals surface area contributed by atoms with E-state index in [2.05, 4.69) is 9.47 Å². The molecule has 6 nitrogen and oxygen atoms in total. The number of rotatable bonds is 7. The van der Waals surface area contributed by atoms with Crippen LogP contribution < -0.4 is 0 Å². The first kappa shape index (κ1) is 16.6. The Morgan fingerprint density at radius 1 is 0.857 bits per heavy atom. The van der Waals surface area contributed by atoms with Gasteiger partial charge in [0.2, 0.25) is 0 Å². The highest BCUT2D eigenvalue weighted by Crippen LogP contribution is 2.19. The van der Waals surface area contributed by atoms with Crippen LogP contribution in [-0.4, -0.2) is 36.7 Å². The molecule has 0 unspecified atom stereocenters. The SMILES string of the molecule is CCOC(=O)C(=O)C(C(=O)C(=O)OCC)c1ccccc1. The number of carbonyl (C=O) groups is 4. The molecule has 0 aliphatic carbocycles. The minimum atomic E-state index is -1.54. The third-order valence-electron chi connectivity index (χ3n) is 2.61. The Kier molecular flexibility index (Phi) is 6.26. The van der Waals surface area contributed by atoms with Gasteiger partial charge >= 0.3 is 11.9 Å². The quantitative estimate of drug-likeness (QED) is 0.424. The average Bonchev–Trinajstić information content (AvgIpc) is 2.48. The number of hydrogen-bond donors (Lipinski definition) is 0. The first-order chi connectivity index (χ1) is 10.0. The van der Waals surface area contributed by atoms with Gasteiger partial charge in [0.15, 0.2) is 0 Å². The molecule has 0 fully saturated rings. The molecule has 0 N–H and O–H groups in total. The molecule has 21 heavy (non-hydrogen) atoms. The highest BCUT2D eigenvalue weighted by molar-refractivity contribution is 6.49. The van der Waals surface area contributed by atoms with Crippen LogP contribution in [0, 0.1) is 0 Å². The first-order valence-corrected chi connectivity index (χ1v) is 6.49. The highest BCUT2D eigenvalue weighted by atomic mass is 16.5. The van der Waals surface area contributed by atoms with Crippen molar-refractivity contribution in [3.05, 3.63) is 35.9 Å². The standard InChI is InChI=1S/C15H16O6/c1-3-20-14(18)12(16)11(10-8-6-5-7-9-10)13(17)15(19)21-4-2/h5-9,11H,3-4H2,1-2H3. The Labute approximate surface area is 122 Å². The normalized spacial score (nSPS) is 10.0. The fraction of sp³-hybridized carbons (Fsp3) is 0.333. The third-order valence-corrected chi connectivity index (χ3v) is 2.61. The summed E-state index contributed by atoms with van der Waals surface area (Å²) in [6, 6.07) is 7.85. The lowest BCUT2D eigenvalue weighted by molar-refractivity contribution is -0.159. The number of ether oxygens (including phenoxy) is 2. The lowest BCUT2D eigenvalue weighted by Gasteiger charge is -2.13. The van der Waals surface area contributed by atoms with Crippen LogP contribution in [0.15, 0.2) is 30.3 Å². The van der Waals surface area contributed by atoms with Crippen molar-refractivity contribution >= 4 is 23.5 Å². The Hall–Kier alpha value is -2.50. The van der Waals surface area contributed by atoms with Crippen LogP contribution in [-0.2, 0) is 28.7 Å². The summed E-state index contributed by atoms with van der Waals surface area (Å²) in [7, 11) is 0. The molecule has 0 aromatic heterocycles. The number of esters is 2. The lowest BCUT2D eigenvalue weighted by atomic mass is 9.90. The second-order valence-corrected chi connectivity index (χ2v) is 4.01. The minimum Gasteiger partial charge on any atom is -0.460 e. The van der Waals surface area contributed by atoms with Gasteiger partial charge in [-0.2, -0.15) is 0 Å². The van der Waals surface area contributed by atoms with E-state index in [1.54, 1.807) is 18.2 Å². The number of Topliss-reactive ketones (excluding diaryl/α,β-unsaturated/α-hetero) is 2. The molecular weight excluding hydrogens is 276 g/mol. The minimum absolute atomic E-state index is 0.000318. The number of ketones is 2. The summed E-state index contributed by atoms with van der Waals surface area (Å²) in [5.41, 5.74) is 0.244. The smallest absolute Gasteiger partial charge is 0.375 e. The average molecular weight is 292 g/mol. The van der Waals surface area contributed by atoms with Crippen LogP contribution in [0.3, 0.4) is 0 Å². The van der Waals surface area contributed by atoms with E-state index < -0.39 is 29.4 Å². The van der Waals surface area contributed by atoms with Crippen molar-refractivity contribution in [2.24, 2.45) is 0 Å². The van der Waals surface area contributed by atoms with Gasteiger partial charge in [0.25, 0.3) is 11.6 Å². The molecule has 0 atom stereocenters. The van der Waals surface area contributed by atoms with E-state index in [-0.39, 0.29) is 18.8 Å². The fourth-order valence-corrected chi connectivity index (χ4v) is 1.71. The van der Waals surface area contributed by atoms with E-state index in [1.165, 1.54) is 26.0 Å². The van der Waals surface area contributed by atoms with Gasteiger partial charge in [-0.25, -0.2) is 9.59 Å². The molecule has 0 heterocycles. The monoisotopic (exact) mass is 292 g/mol. The van der Waals surface area contributed by atoms with Gasteiger partial charge in [-0.15, -0.1) is 0 Å². The Bertz CT molecular complexity index is 504. The molecule has 0 aliphatic heterocycles. The molecule has 0 bridgehead atoms. The van der Waals surface area contributed by atoms with Crippen LogP contribution in [0.1, 0.15) is 25.3 Å². The summed E-state index contributed by atoms with van der Waals surface area (Å²) in [5, 5.41) is 0. The molecule has 6 heteroatoms. The van der Waals surface area contributed by atoms with Crippen LogP contribution in [0.2, 0.25) is 0 Å². The van der Waals surface area contributed by atoms with Crippen molar-refractivity contribution in [2.75, 3.05) is 13.2 Å². The number of carbonyl (C=O) groups excluding carboxylic acids is 4. The maximum absolute atomic E-state index is 12.1. The summed E-state index contributed by atoms with van der Waals surface area (Å²) in [4.78, 5) is 47.3. The predicted octanol–water partition coefficient (Wildman–Crippen LogP) is 1.03. The van der Waals surface area contributed by atoms with E-state index in [4.69, 9.17) is 0 Å². The van der Waals surface area contributed by atoms with Gasteiger partial charge in [-0.1, -0.05) is 30.3 Å². The summed E-state index contributed by atoms with van der Waals surface area (Å²) < 4.78 is 9.21. The van der Waals surface area contributed by atoms with Crippen LogP contribution in [0.5, 0.6) is 0 Å². The molecular formula is C15H16O6. The van der Waals surface area contributed by atoms with Crippen molar-refractivity contribution in [2.45, 2.75) is 19.8 Å². The molecule has 0 aliphatic rings. The van der Waals surface area contributed by atoms with E-state index >= 15 is 0 Å². The summed E-state index contributed by atoms with van der Waals surface area (Å²) in [6.07, 6.45) is 0. The third kappa shape index (κ3) is 4.24. The van der Waals surface area contributed by atoms with Gasteiger partial charge in [0, 0.05) is 0 Å². The largest absolute Gasteiger partial charge is 0.460 e. The zero-order chi connectivity index (χ0) is 15.8. The van der Waals surface area contributed by atoms with E-state index in [1.807, 2.05) is 0 Å². The van der Waals surface area contributed by atoms with Crippen LogP contribution >= 0.6 is 0 Å². The Morgan fingerprint density at radius 2 is 1.29 bits per heavy atom. The summed E-state index contributed by atoms with van der Waals surface area (Å²) >= 11 is 0. The molecule has 1 rings (SSSR count). The summed E-state index contributed by atoms with van der Waals surface area (Å²) in [6.45, 7) is 3.07. The molecule has 1 aromatic carbocycles. The predicted molar refractivity (Wildman–Crippen MR) is 72.5 cm³/mol. The number of hydrogen-bond acceptors (Lipinski definition) is 6. The molecule has 112 valence electrons. The Morgan fingerprint density at radius 3 is 1.67 bits per heavy atom. The summed E-state index contributed by atoms with van der Waals surface area (Å²) in [5.74, 6) is -6.00. The molecule has 0 saturated heterocycles. The zero-order valence-corrected chi connectivity index (χ0v) is 11.8. The maximum Gasteiger partial charge on any atom is 0.375 e. The van der Waals surface area contributed by atoms with Crippen molar-refractivity contribution in [1.29, 1.82) is 0 Å². The van der Waals surface area contributed by atoms with E-state index in [9.17, 15) is 19.2 Å². The van der Waals surface area contributed by atoms with Gasteiger partial charge in [0.05, 0.1) is 13.2 Å². The fourth-order valence-electron chi connectivity index (χ4n) is 1.71. The molecule has 1 aromatic rings. The van der Waals surface area contributed by atoms with Crippen molar-refractivity contribution in [1.82, 2.24) is 0 Å². The second-order valence-electron chi connectivity index (χ2n) is 4.01. The van der Waals surface area contributed by atoms with Gasteiger partial charge < -0.3 is 9.47 Å². The molecule has 0 spiro atoms. The molecule has 0 radical (unpaired) electrons. The topological polar surface area (TPSA) is 86.7 Å². The highest BCUT2D eigenvalue weighted by Gasteiger charge is 2.38. The van der Waals surface area contributed by atoms with E-state index in [0.717, 1.165) is 0 Å². The van der Waals surface area contributed by atoms with E-state index in [0.29, 0.717) is 0 Å². The van der Waals surface area contributed by atoms with Crippen molar-refractivity contribution < 1.29 is 28.7 Å². The lowest BCUT2D eigenvalue weighted by Crippen LogP contribution is -2.34. The van der Waals surface area contributed by atoms with Gasteiger partial charge in [-0.05, 0) is 19.4 Å². The molecule has 0 saturated carbocycles.